The van der Waals surface area contributed by atoms with Crippen molar-refractivity contribution in [1.29, 1.82) is 5.26 Å². The molecule has 0 saturated carbocycles. The number of hydroxylamine groups is 1. The van der Waals surface area contributed by atoms with Crippen molar-refractivity contribution >= 4 is 11.6 Å². The van der Waals surface area contributed by atoms with Crippen molar-refractivity contribution < 1.29 is 24.5 Å². The Morgan fingerprint density at radius 1 is 0.882 bits per heavy atom. The van der Waals surface area contributed by atoms with E-state index in [2.05, 4.69) is 65.6 Å². The molecule has 1 atom stereocenters. The number of benzene rings is 4. The van der Waals surface area contributed by atoms with E-state index in [1.54, 1.807) is 12.3 Å². The molecule has 0 spiro atoms. The Morgan fingerprint density at radius 3 is 2.37 bits per heavy atom. The van der Waals surface area contributed by atoms with Gasteiger partial charge in [0.15, 0.2) is 0 Å². The number of aliphatic hydroxyl groups excluding tert-OH is 1. The average molecular weight is 705 g/mol. The van der Waals surface area contributed by atoms with E-state index in [1.165, 1.54) is 11.8 Å². The summed E-state index contributed by atoms with van der Waals surface area (Å²) in [6.07, 6.45) is 3.59. The molecule has 0 aliphatic carbocycles. The summed E-state index contributed by atoms with van der Waals surface area (Å²) in [6, 6.07) is 28.2. The molecular weight excluding hydrogens is 664 g/mol. The number of aliphatic hydroxyl groups is 1. The Hall–Kier alpha value is -4.95. The number of likely N-dealkylation sites (tertiary alicyclic amines) is 1. The summed E-state index contributed by atoms with van der Waals surface area (Å²) < 4.78 is 18.3. The lowest BCUT2D eigenvalue weighted by Crippen LogP contribution is -2.22. The van der Waals surface area contributed by atoms with E-state index in [0.29, 0.717) is 54.9 Å². The van der Waals surface area contributed by atoms with Gasteiger partial charge in [-0.25, -0.2) is 5.48 Å². The van der Waals surface area contributed by atoms with E-state index < -0.39 is 0 Å². The molecule has 1 aliphatic heterocycles. The van der Waals surface area contributed by atoms with E-state index in [4.69, 9.17) is 31.0 Å². The van der Waals surface area contributed by atoms with Crippen molar-refractivity contribution in [3.05, 3.63) is 130 Å². The van der Waals surface area contributed by atoms with Crippen LogP contribution >= 0.6 is 11.6 Å². The predicted molar refractivity (Wildman–Crippen MR) is 197 cm³/mol. The minimum Gasteiger partial charge on any atom is -0.492 e. The number of hydrogen-bond acceptors (Lipinski definition) is 9. The summed E-state index contributed by atoms with van der Waals surface area (Å²) in [5.41, 5.74) is 12.0. The van der Waals surface area contributed by atoms with Gasteiger partial charge in [-0.2, -0.15) is 5.26 Å². The van der Waals surface area contributed by atoms with Crippen LogP contribution in [0.5, 0.6) is 17.2 Å². The third-order valence-electron chi connectivity index (χ3n) is 9.18. The molecule has 3 N–H and O–H groups in total. The molecule has 10 heteroatoms. The Labute approximate surface area is 303 Å². The first-order chi connectivity index (χ1) is 24.8. The minimum atomic E-state index is -0.342. The van der Waals surface area contributed by atoms with Crippen LogP contribution in [-0.4, -0.2) is 52.5 Å². The second-order valence-electron chi connectivity index (χ2n) is 12.7. The van der Waals surface area contributed by atoms with Crippen molar-refractivity contribution in [2.75, 3.05) is 26.2 Å². The van der Waals surface area contributed by atoms with Crippen molar-refractivity contribution in [2.45, 2.75) is 46.1 Å². The summed E-state index contributed by atoms with van der Waals surface area (Å²) in [5.74, 6) is 1.87. The maximum absolute atomic E-state index is 10.1. The van der Waals surface area contributed by atoms with Gasteiger partial charge in [-0.15, -0.1) is 0 Å². The maximum Gasteiger partial charge on any atom is 0.142 e. The molecule has 262 valence electrons. The summed E-state index contributed by atoms with van der Waals surface area (Å²) in [7, 11) is 0. The Bertz CT molecular complexity index is 2010. The molecule has 1 saturated heterocycles. The van der Waals surface area contributed by atoms with Crippen molar-refractivity contribution in [3.8, 4) is 45.6 Å². The third kappa shape index (κ3) is 8.86. The van der Waals surface area contributed by atoms with Gasteiger partial charge < -0.3 is 24.5 Å². The summed E-state index contributed by atoms with van der Waals surface area (Å²) in [4.78, 5) is 6.33. The number of rotatable bonds is 14. The topological polar surface area (TPSA) is 120 Å². The number of halogens is 1. The second-order valence-corrected chi connectivity index (χ2v) is 13.1. The van der Waals surface area contributed by atoms with Crippen LogP contribution in [0, 0.1) is 25.2 Å². The van der Waals surface area contributed by atoms with Gasteiger partial charge in [0.05, 0.1) is 23.2 Å². The summed E-state index contributed by atoms with van der Waals surface area (Å²) >= 11 is 6.83. The van der Waals surface area contributed by atoms with Crippen LogP contribution in [0.1, 0.15) is 39.8 Å². The molecule has 6 rings (SSSR count). The highest BCUT2D eigenvalue weighted by Gasteiger charge is 2.23. The van der Waals surface area contributed by atoms with Gasteiger partial charge in [0.1, 0.15) is 43.1 Å². The molecule has 2 heterocycles. The lowest BCUT2D eigenvalue weighted by molar-refractivity contribution is 0.145. The van der Waals surface area contributed by atoms with Crippen LogP contribution in [0.3, 0.4) is 0 Å². The summed E-state index contributed by atoms with van der Waals surface area (Å²) in [5, 5.41) is 28.7. The maximum atomic E-state index is 10.1. The zero-order chi connectivity index (χ0) is 35.7. The fraction of sp³-hybridized carbons (Fsp3) is 0.268. The zero-order valence-corrected chi connectivity index (χ0v) is 29.5. The van der Waals surface area contributed by atoms with Gasteiger partial charge in [0.2, 0.25) is 0 Å². The van der Waals surface area contributed by atoms with Gasteiger partial charge in [0.25, 0.3) is 0 Å². The number of nitrogens with zero attached hydrogens (tertiary/aromatic N) is 3. The quantitative estimate of drug-likeness (QED) is 0.0791. The predicted octanol–water partition coefficient (Wildman–Crippen LogP) is 7.64. The number of β-amino-alcohol motifs (C(OH)–C–C–N with tert-alkyl or cyclic N) is 1. The van der Waals surface area contributed by atoms with Crippen LogP contribution < -0.4 is 19.7 Å². The van der Waals surface area contributed by atoms with Gasteiger partial charge in [-0.05, 0) is 83.5 Å². The zero-order valence-electron chi connectivity index (χ0n) is 28.7. The molecule has 1 fully saturated rings. The van der Waals surface area contributed by atoms with Gasteiger partial charge in [-0.3, -0.25) is 9.88 Å². The van der Waals surface area contributed by atoms with E-state index >= 15 is 0 Å². The number of nitrogens with one attached hydrogen (secondary N) is 1. The Morgan fingerprint density at radius 2 is 1.63 bits per heavy atom. The largest absolute Gasteiger partial charge is 0.492 e. The van der Waals surface area contributed by atoms with E-state index in [9.17, 15) is 10.4 Å². The molecular formula is C41H41ClN4O5. The fourth-order valence-electron chi connectivity index (χ4n) is 6.40. The lowest BCUT2D eigenvalue weighted by Gasteiger charge is -2.20. The molecule has 0 unspecified atom stereocenters. The van der Waals surface area contributed by atoms with Crippen LogP contribution in [0.2, 0.25) is 5.02 Å². The normalized spacial score (nSPS) is 14.3. The highest BCUT2D eigenvalue weighted by molar-refractivity contribution is 6.32. The first-order valence-electron chi connectivity index (χ1n) is 16.9. The van der Waals surface area contributed by atoms with Crippen LogP contribution in [0.15, 0.2) is 91.3 Å². The smallest absolute Gasteiger partial charge is 0.142 e. The molecule has 1 aliphatic rings. The van der Waals surface area contributed by atoms with Crippen molar-refractivity contribution in [1.82, 2.24) is 15.4 Å². The Balaban J connectivity index is 1.22. The SMILES string of the molecule is Cc1c(COc2cc(OCc3cncc(C#N)c3)c(CN3CC[C@@H](O)C3)cc2Cl)cccc1-c1cccc(-c2ccc(OCCNO)cc2)c1C. The second kappa shape index (κ2) is 16.8. The molecule has 5 aromatic rings. The van der Waals surface area contributed by atoms with Crippen LogP contribution in [0.25, 0.3) is 22.3 Å². The molecule has 0 bridgehead atoms. The highest BCUT2D eigenvalue weighted by atomic mass is 35.5. The number of aromatic nitrogens is 1. The van der Waals surface area contributed by atoms with E-state index in [0.717, 1.165) is 63.2 Å². The highest BCUT2D eigenvalue weighted by Crippen LogP contribution is 2.37. The summed E-state index contributed by atoms with van der Waals surface area (Å²) in [6.45, 7) is 7.45. The lowest BCUT2D eigenvalue weighted by atomic mass is 9.89. The molecule has 0 radical (unpaired) electrons. The third-order valence-corrected chi connectivity index (χ3v) is 9.47. The standard InChI is InChI=1S/C41H41ClN4O5/c1-27-32(5-3-7-37(27)38-8-4-6-36(28(38)2)31-9-11-35(12-10-31)49-16-14-45-48)26-51-41-19-40(50-25-30-17-29(20-43)21-44-22-30)33(18-39(41)42)23-46-15-13-34(47)24-46/h3-12,17-19,21-22,34,45,47-48H,13-16,23-26H2,1-2H3/t34-/m1/s1. The van der Waals surface area contributed by atoms with Gasteiger partial charge in [0, 0.05) is 49.2 Å². The molecule has 4 aromatic carbocycles. The van der Waals surface area contributed by atoms with Crippen LogP contribution in [0.4, 0.5) is 0 Å². The minimum absolute atomic E-state index is 0.221. The van der Waals surface area contributed by atoms with Crippen molar-refractivity contribution in [2.24, 2.45) is 0 Å². The first kappa shape index (κ1) is 35.9. The molecule has 0 amide bonds. The van der Waals surface area contributed by atoms with Crippen molar-refractivity contribution in [3.63, 3.8) is 0 Å². The average Bonchev–Trinajstić information content (AvgIpc) is 3.56. The number of ether oxygens (including phenoxy) is 3. The van der Waals surface area contributed by atoms with Gasteiger partial charge >= 0.3 is 0 Å². The Kier molecular flexibility index (Phi) is 11.8. The van der Waals surface area contributed by atoms with E-state index in [-0.39, 0.29) is 12.7 Å². The number of pyridine rings is 1. The number of nitriles is 1. The van der Waals surface area contributed by atoms with E-state index in [1.807, 2.05) is 42.5 Å². The molecule has 51 heavy (non-hydrogen) atoms. The number of hydrogen-bond donors (Lipinski definition) is 3. The first-order valence-corrected chi connectivity index (χ1v) is 17.3. The van der Waals surface area contributed by atoms with Gasteiger partial charge in [-0.1, -0.05) is 60.1 Å². The van der Waals surface area contributed by atoms with Crippen LogP contribution in [-0.2, 0) is 19.8 Å². The molecule has 1 aromatic heterocycles. The fourth-order valence-corrected chi connectivity index (χ4v) is 6.64. The monoisotopic (exact) mass is 704 g/mol. The molecule has 9 nitrogen and oxygen atoms in total.